The molecule has 1 N–H and O–H groups in total. The Morgan fingerprint density at radius 2 is 2.09 bits per heavy atom. The molecule has 1 saturated heterocycles. The van der Waals surface area contributed by atoms with Crippen LogP contribution in [0.15, 0.2) is 5.03 Å². The summed E-state index contributed by atoms with van der Waals surface area (Å²) in [5.74, 6) is -0.262. The van der Waals surface area contributed by atoms with E-state index in [0.29, 0.717) is 23.7 Å². The van der Waals surface area contributed by atoms with Gasteiger partial charge in [0.15, 0.2) is 0 Å². The maximum absolute atomic E-state index is 12.3. The van der Waals surface area contributed by atoms with Crippen LogP contribution in [0.25, 0.3) is 0 Å². The maximum atomic E-state index is 12.3. The van der Waals surface area contributed by atoms with Gasteiger partial charge in [-0.2, -0.15) is 5.26 Å². The molecule has 0 radical (unpaired) electrons. The third kappa shape index (κ3) is 2.92. The monoisotopic (exact) mass is 318 g/mol. The Morgan fingerprint density at radius 1 is 1.41 bits per heavy atom. The number of nitriles is 1. The fraction of sp³-hybridized carbons (Fsp3) is 0.467. The largest absolute Gasteiger partial charge is 0.336 e. The molecule has 1 aliphatic heterocycles. The van der Waals surface area contributed by atoms with E-state index in [1.165, 1.54) is 16.7 Å². The topological polar surface area (TPSA) is 86.1 Å². The predicted octanol–water partition coefficient (Wildman–Crippen LogP) is 1.91. The molecule has 1 aromatic heterocycles. The molecule has 1 aromatic rings. The molecule has 0 unspecified atom stereocenters. The van der Waals surface area contributed by atoms with Gasteiger partial charge in [-0.1, -0.05) is 11.8 Å². The first-order valence-corrected chi connectivity index (χ1v) is 7.88. The second-order valence-electron chi connectivity index (χ2n) is 5.22. The number of hydrogen-bond donors (Lipinski definition) is 1. The summed E-state index contributed by atoms with van der Waals surface area (Å²) in [5.41, 5.74) is 3.21. The second-order valence-corrected chi connectivity index (χ2v) is 6.55. The zero-order valence-corrected chi connectivity index (χ0v) is 13.9. The standard InChI is InChI=1S/C15H18N4O2S/c1-8-9(2)12(7-16)13(18-10(8)3)22-11(4)14(20)19-6-5-17-15(19)21/h11H,5-6H2,1-4H3,(H,17,21)/t11-/m1/s1. The Bertz CT molecular complexity index is 681. The summed E-state index contributed by atoms with van der Waals surface area (Å²) in [6.07, 6.45) is 0. The van der Waals surface area contributed by atoms with Crippen molar-refractivity contribution in [2.75, 3.05) is 13.1 Å². The van der Waals surface area contributed by atoms with Gasteiger partial charge in [-0.05, 0) is 38.8 Å². The highest BCUT2D eigenvalue weighted by atomic mass is 32.2. The van der Waals surface area contributed by atoms with Crippen molar-refractivity contribution in [3.05, 3.63) is 22.4 Å². The molecule has 2 rings (SSSR count). The van der Waals surface area contributed by atoms with Gasteiger partial charge in [-0.15, -0.1) is 0 Å². The summed E-state index contributed by atoms with van der Waals surface area (Å²) in [7, 11) is 0. The molecule has 0 saturated carbocycles. The van der Waals surface area contributed by atoms with Crippen molar-refractivity contribution < 1.29 is 9.59 Å². The number of rotatable bonds is 3. The van der Waals surface area contributed by atoms with Crippen molar-refractivity contribution in [3.8, 4) is 6.07 Å². The molecule has 7 heteroatoms. The molecule has 3 amide bonds. The van der Waals surface area contributed by atoms with E-state index in [9.17, 15) is 14.9 Å². The van der Waals surface area contributed by atoms with Crippen LogP contribution < -0.4 is 5.32 Å². The summed E-state index contributed by atoms with van der Waals surface area (Å²) < 4.78 is 0. The zero-order chi connectivity index (χ0) is 16.4. The third-order valence-electron chi connectivity index (χ3n) is 3.83. The van der Waals surface area contributed by atoms with Gasteiger partial charge < -0.3 is 5.32 Å². The van der Waals surface area contributed by atoms with E-state index in [2.05, 4.69) is 16.4 Å². The smallest absolute Gasteiger partial charge is 0.324 e. The van der Waals surface area contributed by atoms with E-state index < -0.39 is 5.25 Å². The van der Waals surface area contributed by atoms with Crippen LogP contribution in [-0.2, 0) is 4.79 Å². The molecule has 6 nitrogen and oxygen atoms in total. The minimum absolute atomic E-state index is 0.262. The lowest BCUT2D eigenvalue weighted by Crippen LogP contribution is -2.39. The molecule has 2 heterocycles. The van der Waals surface area contributed by atoms with Crippen LogP contribution in [0.3, 0.4) is 0 Å². The molecule has 1 fully saturated rings. The van der Waals surface area contributed by atoms with Crippen LogP contribution in [0.5, 0.6) is 0 Å². The first-order valence-electron chi connectivity index (χ1n) is 7.00. The van der Waals surface area contributed by atoms with Crippen LogP contribution in [0.2, 0.25) is 0 Å². The number of nitrogens with one attached hydrogen (secondary N) is 1. The molecule has 1 atom stereocenters. The number of aromatic nitrogens is 1. The number of carbonyl (C=O) groups excluding carboxylic acids is 2. The number of nitrogens with zero attached hydrogens (tertiary/aromatic N) is 3. The zero-order valence-electron chi connectivity index (χ0n) is 13.1. The number of imide groups is 1. The minimum atomic E-state index is -0.482. The van der Waals surface area contributed by atoms with E-state index in [-0.39, 0.29) is 11.9 Å². The van der Waals surface area contributed by atoms with Crippen LogP contribution in [0.4, 0.5) is 4.79 Å². The number of aryl methyl sites for hydroxylation is 1. The first kappa shape index (κ1) is 16.3. The maximum Gasteiger partial charge on any atom is 0.324 e. The van der Waals surface area contributed by atoms with Crippen LogP contribution in [-0.4, -0.2) is 40.2 Å². The SMILES string of the molecule is Cc1nc(S[C@H](C)C(=O)N2CCNC2=O)c(C#N)c(C)c1C. The Labute approximate surface area is 133 Å². The predicted molar refractivity (Wildman–Crippen MR) is 83.6 cm³/mol. The van der Waals surface area contributed by atoms with Gasteiger partial charge in [0.05, 0.1) is 10.8 Å². The number of urea groups is 1. The van der Waals surface area contributed by atoms with Crippen molar-refractivity contribution in [1.29, 1.82) is 5.26 Å². The summed E-state index contributed by atoms with van der Waals surface area (Å²) in [6.45, 7) is 8.28. The highest BCUT2D eigenvalue weighted by Crippen LogP contribution is 2.30. The molecule has 1 aliphatic rings. The Kier molecular flexibility index (Phi) is 4.71. The highest BCUT2D eigenvalue weighted by molar-refractivity contribution is 8.00. The number of pyridine rings is 1. The first-order chi connectivity index (χ1) is 10.4. The van der Waals surface area contributed by atoms with Crippen LogP contribution in [0, 0.1) is 32.1 Å². The van der Waals surface area contributed by atoms with Crippen molar-refractivity contribution in [1.82, 2.24) is 15.2 Å². The van der Waals surface area contributed by atoms with Gasteiger partial charge in [-0.3, -0.25) is 9.69 Å². The highest BCUT2D eigenvalue weighted by Gasteiger charge is 2.31. The Morgan fingerprint density at radius 3 is 2.64 bits per heavy atom. The Balaban J connectivity index is 2.25. The van der Waals surface area contributed by atoms with Crippen molar-refractivity contribution >= 4 is 23.7 Å². The molecule has 0 aliphatic carbocycles. The van der Waals surface area contributed by atoms with Gasteiger partial charge in [-0.25, -0.2) is 9.78 Å². The summed E-state index contributed by atoms with van der Waals surface area (Å²) in [6, 6.07) is 1.81. The number of carbonyl (C=O) groups is 2. The second kappa shape index (κ2) is 6.36. The molecule has 0 spiro atoms. The van der Waals surface area contributed by atoms with Crippen molar-refractivity contribution in [2.24, 2.45) is 0 Å². The Hall–Kier alpha value is -2.07. The number of hydrogen-bond acceptors (Lipinski definition) is 5. The lowest BCUT2D eigenvalue weighted by molar-refractivity contribution is -0.126. The van der Waals surface area contributed by atoms with E-state index >= 15 is 0 Å². The lowest BCUT2D eigenvalue weighted by atomic mass is 10.1. The van der Waals surface area contributed by atoms with Gasteiger partial charge in [0, 0.05) is 18.8 Å². The van der Waals surface area contributed by atoms with Gasteiger partial charge in [0.2, 0.25) is 5.91 Å². The van der Waals surface area contributed by atoms with Crippen molar-refractivity contribution in [2.45, 2.75) is 38.0 Å². The van der Waals surface area contributed by atoms with E-state index in [4.69, 9.17) is 0 Å². The molecular formula is C15H18N4O2S. The normalized spacial score (nSPS) is 15.4. The third-order valence-corrected chi connectivity index (χ3v) is 4.91. The average molecular weight is 318 g/mol. The number of amides is 3. The molecule has 116 valence electrons. The molecule has 22 heavy (non-hydrogen) atoms. The minimum Gasteiger partial charge on any atom is -0.336 e. The van der Waals surface area contributed by atoms with Crippen molar-refractivity contribution in [3.63, 3.8) is 0 Å². The lowest BCUT2D eigenvalue weighted by Gasteiger charge is -2.18. The van der Waals surface area contributed by atoms with E-state index in [1.54, 1.807) is 6.92 Å². The van der Waals surface area contributed by atoms with Gasteiger partial charge in [0.1, 0.15) is 11.1 Å². The average Bonchev–Trinajstić information content (AvgIpc) is 2.90. The van der Waals surface area contributed by atoms with E-state index in [0.717, 1.165) is 16.8 Å². The molecule has 0 bridgehead atoms. The summed E-state index contributed by atoms with van der Waals surface area (Å²) >= 11 is 1.22. The van der Waals surface area contributed by atoms with E-state index in [1.807, 2.05) is 20.8 Å². The summed E-state index contributed by atoms with van der Waals surface area (Å²) in [4.78, 5) is 29.5. The molecule has 0 aromatic carbocycles. The molecular weight excluding hydrogens is 300 g/mol. The van der Waals surface area contributed by atoms with Gasteiger partial charge >= 0.3 is 6.03 Å². The fourth-order valence-corrected chi connectivity index (χ4v) is 3.32. The van der Waals surface area contributed by atoms with Crippen LogP contribution in [0.1, 0.15) is 29.3 Å². The summed E-state index contributed by atoms with van der Waals surface area (Å²) in [5, 5.41) is 12.0. The number of thioether (sulfide) groups is 1. The quantitative estimate of drug-likeness (QED) is 0.860. The van der Waals surface area contributed by atoms with Crippen LogP contribution >= 0.6 is 11.8 Å². The fourth-order valence-electron chi connectivity index (χ4n) is 2.25. The van der Waals surface area contributed by atoms with Gasteiger partial charge in [0.25, 0.3) is 0 Å².